The van der Waals surface area contributed by atoms with E-state index in [0.29, 0.717) is 5.02 Å². The monoisotopic (exact) mass is 394 g/mol. The summed E-state index contributed by atoms with van der Waals surface area (Å²) in [5.74, 6) is 0. The highest BCUT2D eigenvalue weighted by Crippen LogP contribution is 2.33. The van der Waals surface area contributed by atoms with E-state index in [4.69, 9.17) is 16.6 Å². The number of halogens is 2. The first-order valence-electron chi connectivity index (χ1n) is 6.22. The highest BCUT2D eigenvalue weighted by Gasteiger charge is 2.10. The second-order valence-corrected chi connectivity index (χ2v) is 6.11. The minimum atomic E-state index is 0.682. The molecule has 2 aromatic carbocycles. The van der Waals surface area contributed by atoms with Crippen LogP contribution in [0.5, 0.6) is 0 Å². The predicted octanol–water partition coefficient (Wildman–Crippen LogP) is 5.20. The van der Waals surface area contributed by atoms with Crippen molar-refractivity contribution in [1.82, 2.24) is 4.98 Å². The first kappa shape index (κ1) is 13.6. The molecule has 100 valence electrons. The lowest BCUT2D eigenvalue weighted by Gasteiger charge is -2.11. The Kier molecular flexibility index (Phi) is 3.81. The fourth-order valence-electron chi connectivity index (χ4n) is 2.22. The second kappa shape index (κ2) is 5.58. The van der Waals surface area contributed by atoms with E-state index in [1.807, 2.05) is 43.4 Å². The zero-order valence-corrected chi connectivity index (χ0v) is 13.7. The molecule has 2 nitrogen and oxygen atoms in total. The van der Waals surface area contributed by atoms with E-state index in [1.54, 1.807) is 0 Å². The third-order valence-corrected chi connectivity index (χ3v) is 4.08. The zero-order valence-electron chi connectivity index (χ0n) is 10.8. The van der Waals surface area contributed by atoms with Crippen molar-refractivity contribution in [3.63, 3.8) is 0 Å². The summed E-state index contributed by atoms with van der Waals surface area (Å²) in [5, 5.41) is 4.96. The number of rotatable bonds is 2. The quantitative estimate of drug-likeness (QED) is 0.604. The van der Waals surface area contributed by atoms with E-state index in [2.05, 4.69) is 40.0 Å². The zero-order chi connectivity index (χ0) is 14.1. The van der Waals surface area contributed by atoms with Crippen LogP contribution < -0.4 is 5.32 Å². The van der Waals surface area contributed by atoms with Gasteiger partial charge in [0.2, 0.25) is 0 Å². The van der Waals surface area contributed by atoms with Gasteiger partial charge in [0.05, 0.1) is 16.2 Å². The van der Waals surface area contributed by atoms with Crippen LogP contribution in [0.3, 0.4) is 0 Å². The van der Waals surface area contributed by atoms with Crippen molar-refractivity contribution in [2.24, 2.45) is 0 Å². The SMILES string of the molecule is CNc1cc(-c2ccccc2)nc2c(Cl)cc(I)cc12. The van der Waals surface area contributed by atoms with Crippen LogP contribution in [0.1, 0.15) is 0 Å². The Balaban J connectivity index is 2.32. The van der Waals surface area contributed by atoms with Crippen LogP contribution in [0.15, 0.2) is 48.5 Å². The average Bonchev–Trinajstić information content (AvgIpc) is 2.47. The van der Waals surface area contributed by atoms with Gasteiger partial charge < -0.3 is 5.32 Å². The predicted molar refractivity (Wildman–Crippen MR) is 94.5 cm³/mol. The number of benzene rings is 2. The molecule has 0 amide bonds. The summed E-state index contributed by atoms with van der Waals surface area (Å²) in [6.45, 7) is 0. The van der Waals surface area contributed by atoms with Gasteiger partial charge >= 0.3 is 0 Å². The van der Waals surface area contributed by atoms with Crippen molar-refractivity contribution in [1.29, 1.82) is 0 Å². The molecule has 1 heterocycles. The lowest BCUT2D eigenvalue weighted by atomic mass is 10.1. The number of nitrogens with zero attached hydrogens (tertiary/aromatic N) is 1. The third-order valence-electron chi connectivity index (χ3n) is 3.17. The molecule has 20 heavy (non-hydrogen) atoms. The van der Waals surface area contributed by atoms with Crippen molar-refractivity contribution in [2.45, 2.75) is 0 Å². The minimum Gasteiger partial charge on any atom is -0.388 e. The summed E-state index contributed by atoms with van der Waals surface area (Å²) in [6.07, 6.45) is 0. The molecule has 0 aliphatic rings. The maximum Gasteiger partial charge on any atom is 0.0917 e. The standard InChI is InChI=1S/C16H12ClIN2/c1-19-15-9-14(10-5-3-2-4-6-10)20-16-12(15)7-11(18)8-13(16)17/h2-9H,1H3,(H,19,20). The molecule has 0 bridgehead atoms. The van der Waals surface area contributed by atoms with Crippen molar-refractivity contribution in [3.8, 4) is 11.3 Å². The van der Waals surface area contributed by atoms with Crippen molar-refractivity contribution >= 4 is 50.8 Å². The topological polar surface area (TPSA) is 24.9 Å². The molecule has 0 radical (unpaired) electrons. The molecule has 0 aliphatic carbocycles. The number of hydrogen-bond donors (Lipinski definition) is 1. The summed E-state index contributed by atoms with van der Waals surface area (Å²) >= 11 is 8.62. The maximum absolute atomic E-state index is 6.36. The first-order valence-corrected chi connectivity index (χ1v) is 7.67. The lowest BCUT2D eigenvalue weighted by Crippen LogP contribution is -1.95. The van der Waals surface area contributed by atoms with Crippen molar-refractivity contribution < 1.29 is 0 Å². The summed E-state index contributed by atoms with van der Waals surface area (Å²) in [5.41, 5.74) is 3.87. The smallest absolute Gasteiger partial charge is 0.0917 e. The Morgan fingerprint density at radius 2 is 1.85 bits per heavy atom. The third kappa shape index (κ3) is 2.47. The maximum atomic E-state index is 6.36. The fourth-order valence-corrected chi connectivity index (χ4v) is 3.28. The van der Waals surface area contributed by atoms with E-state index in [0.717, 1.165) is 31.4 Å². The number of pyridine rings is 1. The first-order chi connectivity index (χ1) is 9.69. The number of fused-ring (bicyclic) bond motifs is 1. The Bertz CT molecular complexity index is 772. The van der Waals surface area contributed by atoms with Crippen LogP contribution in [0, 0.1) is 3.57 Å². The van der Waals surface area contributed by atoms with Gasteiger partial charge in [0, 0.05) is 27.3 Å². The Labute approximate surface area is 136 Å². The van der Waals surface area contributed by atoms with Crippen LogP contribution in [-0.4, -0.2) is 12.0 Å². The van der Waals surface area contributed by atoms with Gasteiger partial charge in [0.15, 0.2) is 0 Å². The highest BCUT2D eigenvalue weighted by molar-refractivity contribution is 14.1. The highest BCUT2D eigenvalue weighted by atomic mass is 127. The summed E-state index contributed by atoms with van der Waals surface area (Å²) in [7, 11) is 1.91. The van der Waals surface area contributed by atoms with Gasteiger partial charge in [0.1, 0.15) is 0 Å². The van der Waals surface area contributed by atoms with E-state index < -0.39 is 0 Å². The molecular formula is C16H12ClIN2. The van der Waals surface area contributed by atoms with Gasteiger partial charge in [-0.2, -0.15) is 0 Å². The molecule has 0 aliphatic heterocycles. The van der Waals surface area contributed by atoms with Crippen LogP contribution in [-0.2, 0) is 0 Å². The van der Waals surface area contributed by atoms with Crippen LogP contribution >= 0.6 is 34.2 Å². The Morgan fingerprint density at radius 3 is 2.55 bits per heavy atom. The molecule has 4 heteroatoms. The Morgan fingerprint density at radius 1 is 1.10 bits per heavy atom. The van der Waals surface area contributed by atoms with E-state index >= 15 is 0 Å². The number of anilines is 1. The van der Waals surface area contributed by atoms with Gasteiger partial charge in [0.25, 0.3) is 0 Å². The summed E-state index contributed by atoms with van der Waals surface area (Å²) in [4.78, 5) is 4.72. The summed E-state index contributed by atoms with van der Waals surface area (Å²) in [6, 6.07) is 16.2. The molecular weight excluding hydrogens is 383 g/mol. The largest absolute Gasteiger partial charge is 0.388 e. The molecule has 0 saturated carbocycles. The van der Waals surface area contributed by atoms with Gasteiger partial charge in [-0.1, -0.05) is 41.9 Å². The number of nitrogens with one attached hydrogen (secondary N) is 1. The number of hydrogen-bond acceptors (Lipinski definition) is 2. The molecule has 3 rings (SSSR count). The molecule has 1 aromatic heterocycles. The van der Waals surface area contributed by atoms with Crippen LogP contribution in [0.2, 0.25) is 5.02 Å². The average molecular weight is 395 g/mol. The molecule has 0 saturated heterocycles. The fraction of sp³-hybridized carbons (Fsp3) is 0.0625. The number of aromatic nitrogens is 1. The molecule has 0 atom stereocenters. The van der Waals surface area contributed by atoms with Gasteiger partial charge in [-0.15, -0.1) is 0 Å². The van der Waals surface area contributed by atoms with Gasteiger partial charge in [-0.05, 0) is 40.8 Å². The molecule has 1 N–H and O–H groups in total. The molecule has 0 spiro atoms. The second-order valence-electron chi connectivity index (χ2n) is 4.45. The molecule has 0 fully saturated rings. The lowest BCUT2D eigenvalue weighted by molar-refractivity contribution is 1.38. The minimum absolute atomic E-state index is 0.682. The normalized spacial score (nSPS) is 10.8. The molecule has 3 aromatic rings. The van der Waals surface area contributed by atoms with E-state index in [-0.39, 0.29) is 0 Å². The van der Waals surface area contributed by atoms with Gasteiger partial charge in [-0.25, -0.2) is 4.98 Å². The Hall–Kier alpha value is -1.33. The summed E-state index contributed by atoms with van der Waals surface area (Å²) < 4.78 is 1.10. The van der Waals surface area contributed by atoms with E-state index in [9.17, 15) is 0 Å². The van der Waals surface area contributed by atoms with Crippen LogP contribution in [0.25, 0.3) is 22.2 Å². The van der Waals surface area contributed by atoms with E-state index in [1.165, 1.54) is 0 Å². The van der Waals surface area contributed by atoms with Crippen LogP contribution in [0.4, 0.5) is 5.69 Å². The van der Waals surface area contributed by atoms with Crippen molar-refractivity contribution in [3.05, 3.63) is 57.1 Å². The van der Waals surface area contributed by atoms with Gasteiger partial charge in [-0.3, -0.25) is 0 Å². The molecule has 0 unspecified atom stereocenters. The van der Waals surface area contributed by atoms with Crippen molar-refractivity contribution in [2.75, 3.05) is 12.4 Å².